The molecule has 25 heavy (non-hydrogen) atoms. The minimum absolute atomic E-state index is 0.00382. The van der Waals surface area contributed by atoms with Gasteiger partial charge in [-0.25, -0.2) is 4.98 Å². The maximum atomic E-state index is 12.3. The van der Waals surface area contributed by atoms with Gasteiger partial charge in [-0.1, -0.05) is 19.1 Å². The van der Waals surface area contributed by atoms with E-state index in [2.05, 4.69) is 28.9 Å². The zero-order valence-corrected chi connectivity index (χ0v) is 15.7. The summed E-state index contributed by atoms with van der Waals surface area (Å²) >= 11 is 1.51. The Morgan fingerprint density at radius 1 is 1.20 bits per heavy atom. The SMILES string of the molecule is CCOc1ccc(CN(CC)Cc2cc(=O)n3c(C)csc3n2)cc1. The third-order valence-corrected chi connectivity index (χ3v) is 5.05. The maximum absolute atomic E-state index is 12.3. The number of hydrogen-bond acceptors (Lipinski definition) is 5. The van der Waals surface area contributed by atoms with E-state index in [9.17, 15) is 4.79 Å². The summed E-state index contributed by atoms with van der Waals surface area (Å²) in [4.78, 5) is 20.0. The number of aryl methyl sites for hydroxylation is 1. The molecule has 0 fully saturated rings. The third-order valence-electron chi connectivity index (χ3n) is 4.10. The lowest BCUT2D eigenvalue weighted by Crippen LogP contribution is -2.25. The lowest BCUT2D eigenvalue weighted by Gasteiger charge is -2.20. The van der Waals surface area contributed by atoms with Crippen LogP contribution < -0.4 is 10.3 Å². The average Bonchev–Trinajstić information content (AvgIpc) is 2.97. The van der Waals surface area contributed by atoms with Crippen LogP contribution in [-0.2, 0) is 13.1 Å². The van der Waals surface area contributed by atoms with Gasteiger partial charge in [0.15, 0.2) is 4.96 Å². The Balaban J connectivity index is 1.74. The van der Waals surface area contributed by atoms with Gasteiger partial charge in [-0.05, 0) is 38.1 Å². The minimum Gasteiger partial charge on any atom is -0.494 e. The molecule has 6 heteroatoms. The van der Waals surface area contributed by atoms with Gasteiger partial charge in [0, 0.05) is 30.2 Å². The summed E-state index contributed by atoms with van der Waals surface area (Å²) in [5.74, 6) is 0.891. The van der Waals surface area contributed by atoms with Crippen LogP contribution in [0.25, 0.3) is 4.96 Å². The van der Waals surface area contributed by atoms with Crippen molar-refractivity contribution in [3.05, 3.63) is 63.0 Å². The van der Waals surface area contributed by atoms with Crippen molar-refractivity contribution in [2.24, 2.45) is 0 Å². The van der Waals surface area contributed by atoms with E-state index in [1.165, 1.54) is 16.9 Å². The number of fused-ring (bicyclic) bond motifs is 1. The smallest absolute Gasteiger partial charge is 0.259 e. The van der Waals surface area contributed by atoms with Crippen molar-refractivity contribution in [3.63, 3.8) is 0 Å². The zero-order chi connectivity index (χ0) is 17.8. The fraction of sp³-hybridized carbons (Fsp3) is 0.368. The summed E-state index contributed by atoms with van der Waals surface area (Å²) in [5, 5.41) is 1.96. The van der Waals surface area contributed by atoms with Crippen LogP contribution in [0.3, 0.4) is 0 Å². The van der Waals surface area contributed by atoms with E-state index >= 15 is 0 Å². The van der Waals surface area contributed by atoms with E-state index in [0.717, 1.165) is 35.2 Å². The van der Waals surface area contributed by atoms with Gasteiger partial charge in [-0.15, -0.1) is 11.3 Å². The molecule has 3 rings (SSSR count). The van der Waals surface area contributed by atoms with Gasteiger partial charge < -0.3 is 4.74 Å². The molecule has 2 heterocycles. The summed E-state index contributed by atoms with van der Waals surface area (Å²) in [7, 11) is 0. The summed E-state index contributed by atoms with van der Waals surface area (Å²) in [6.45, 7) is 9.06. The maximum Gasteiger partial charge on any atom is 0.259 e. The lowest BCUT2D eigenvalue weighted by molar-refractivity contribution is 0.268. The lowest BCUT2D eigenvalue weighted by atomic mass is 10.2. The van der Waals surface area contributed by atoms with Gasteiger partial charge in [0.2, 0.25) is 0 Å². The summed E-state index contributed by atoms with van der Waals surface area (Å²) in [6, 6.07) is 9.81. The standard InChI is InChI=1S/C19H23N3O2S/c1-4-21(11-15-6-8-17(9-7-15)24-5-2)12-16-10-18(23)22-14(3)13-25-19(22)20-16/h6-10,13H,4-5,11-12H2,1-3H3. The second-order valence-electron chi connectivity index (χ2n) is 5.96. The fourth-order valence-electron chi connectivity index (χ4n) is 2.81. The molecule has 0 spiro atoms. The number of thiazole rings is 1. The number of nitrogens with zero attached hydrogens (tertiary/aromatic N) is 3. The number of ether oxygens (including phenoxy) is 1. The third kappa shape index (κ3) is 4.08. The van der Waals surface area contributed by atoms with Crippen molar-refractivity contribution in [1.29, 1.82) is 0 Å². The summed E-state index contributed by atoms with van der Waals surface area (Å²) in [6.07, 6.45) is 0. The molecule has 5 nitrogen and oxygen atoms in total. The molecule has 3 aromatic rings. The highest BCUT2D eigenvalue weighted by atomic mass is 32.1. The Kier molecular flexibility index (Phi) is 5.50. The van der Waals surface area contributed by atoms with Gasteiger partial charge in [0.25, 0.3) is 5.56 Å². The Morgan fingerprint density at radius 2 is 1.96 bits per heavy atom. The van der Waals surface area contributed by atoms with E-state index in [0.29, 0.717) is 13.2 Å². The number of hydrogen-bond donors (Lipinski definition) is 0. The first-order valence-corrected chi connectivity index (χ1v) is 9.39. The Bertz CT molecular complexity index is 899. The van der Waals surface area contributed by atoms with Crippen LogP contribution in [0.15, 0.2) is 40.5 Å². The van der Waals surface area contributed by atoms with E-state index in [-0.39, 0.29) is 5.56 Å². The van der Waals surface area contributed by atoms with Crippen molar-refractivity contribution in [3.8, 4) is 5.75 Å². The Labute approximate surface area is 151 Å². The molecular weight excluding hydrogens is 334 g/mol. The first-order valence-electron chi connectivity index (χ1n) is 8.51. The highest BCUT2D eigenvalue weighted by Gasteiger charge is 2.10. The highest BCUT2D eigenvalue weighted by molar-refractivity contribution is 7.15. The van der Waals surface area contributed by atoms with Crippen molar-refractivity contribution in [2.75, 3.05) is 13.2 Å². The number of rotatable bonds is 7. The molecule has 0 aliphatic rings. The van der Waals surface area contributed by atoms with Crippen LogP contribution in [0.1, 0.15) is 30.8 Å². The topological polar surface area (TPSA) is 46.8 Å². The predicted octanol–water partition coefficient (Wildman–Crippen LogP) is 3.49. The van der Waals surface area contributed by atoms with E-state index in [1.807, 2.05) is 31.4 Å². The van der Waals surface area contributed by atoms with Crippen LogP contribution in [0, 0.1) is 6.92 Å². The molecule has 0 atom stereocenters. The van der Waals surface area contributed by atoms with Gasteiger partial charge >= 0.3 is 0 Å². The summed E-state index contributed by atoms with van der Waals surface area (Å²) < 4.78 is 7.15. The van der Waals surface area contributed by atoms with Crippen LogP contribution >= 0.6 is 11.3 Å². The molecule has 0 N–H and O–H groups in total. The minimum atomic E-state index is -0.00382. The van der Waals surface area contributed by atoms with Crippen molar-refractivity contribution in [2.45, 2.75) is 33.9 Å². The van der Waals surface area contributed by atoms with Crippen LogP contribution in [0.5, 0.6) is 5.75 Å². The first kappa shape index (κ1) is 17.6. The van der Waals surface area contributed by atoms with Crippen LogP contribution in [0.2, 0.25) is 0 Å². The Morgan fingerprint density at radius 3 is 2.64 bits per heavy atom. The molecule has 0 amide bonds. The molecular formula is C19H23N3O2S. The largest absolute Gasteiger partial charge is 0.494 e. The molecule has 0 bridgehead atoms. The molecule has 0 aliphatic carbocycles. The molecule has 2 aromatic heterocycles. The number of aromatic nitrogens is 2. The van der Waals surface area contributed by atoms with Crippen molar-refractivity contribution < 1.29 is 4.74 Å². The molecule has 132 valence electrons. The molecule has 1 aromatic carbocycles. The van der Waals surface area contributed by atoms with Gasteiger partial charge in [-0.2, -0.15) is 0 Å². The second kappa shape index (κ2) is 7.80. The van der Waals surface area contributed by atoms with Crippen LogP contribution in [-0.4, -0.2) is 27.4 Å². The van der Waals surface area contributed by atoms with Crippen molar-refractivity contribution >= 4 is 16.3 Å². The van der Waals surface area contributed by atoms with Crippen molar-refractivity contribution in [1.82, 2.24) is 14.3 Å². The number of benzene rings is 1. The van der Waals surface area contributed by atoms with Gasteiger partial charge in [0.1, 0.15) is 5.75 Å². The van der Waals surface area contributed by atoms with Gasteiger partial charge in [0.05, 0.1) is 12.3 Å². The predicted molar refractivity (Wildman–Crippen MR) is 101 cm³/mol. The van der Waals surface area contributed by atoms with E-state index in [4.69, 9.17) is 4.74 Å². The van der Waals surface area contributed by atoms with Crippen LogP contribution in [0.4, 0.5) is 0 Å². The molecule has 0 saturated carbocycles. The quantitative estimate of drug-likeness (QED) is 0.649. The van der Waals surface area contributed by atoms with E-state index in [1.54, 1.807) is 10.5 Å². The van der Waals surface area contributed by atoms with Gasteiger partial charge in [-0.3, -0.25) is 14.1 Å². The fourth-order valence-corrected chi connectivity index (χ4v) is 3.70. The second-order valence-corrected chi connectivity index (χ2v) is 6.80. The van der Waals surface area contributed by atoms with E-state index < -0.39 is 0 Å². The monoisotopic (exact) mass is 357 g/mol. The Hall–Kier alpha value is -2.18. The molecule has 0 aliphatic heterocycles. The highest BCUT2D eigenvalue weighted by Crippen LogP contribution is 2.16. The zero-order valence-electron chi connectivity index (χ0n) is 14.9. The molecule has 0 radical (unpaired) electrons. The molecule has 0 unspecified atom stereocenters. The average molecular weight is 357 g/mol. The summed E-state index contributed by atoms with van der Waals surface area (Å²) in [5.41, 5.74) is 2.97. The normalized spacial score (nSPS) is 11.4. The molecule has 0 saturated heterocycles. The first-order chi connectivity index (χ1) is 12.1.